The molecule has 0 aromatic heterocycles. The fraction of sp³-hybridized carbons (Fsp3) is 0.333. The average Bonchev–Trinajstić information content (AvgIpc) is 2.32. The van der Waals surface area contributed by atoms with Crippen LogP contribution in [0.4, 0.5) is 0 Å². The highest BCUT2D eigenvalue weighted by atomic mass is 14.2. The van der Waals surface area contributed by atoms with Crippen molar-refractivity contribution in [2.45, 2.75) is 40.0 Å². The summed E-state index contributed by atoms with van der Waals surface area (Å²) in [5.74, 6) is 0. The third-order valence-corrected chi connectivity index (χ3v) is 3.59. The van der Waals surface area contributed by atoms with E-state index in [0.717, 1.165) is 0 Å². The monoisotopic (exact) mass is 238 g/mol. The van der Waals surface area contributed by atoms with Gasteiger partial charge < -0.3 is 0 Å². The molecule has 0 heteroatoms. The summed E-state index contributed by atoms with van der Waals surface area (Å²) in [6.07, 6.45) is 0. The van der Waals surface area contributed by atoms with E-state index in [1.54, 1.807) is 0 Å². The topological polar surface area (TPSA) is 0 Å². The molecule has 0 bridgehead atoms. The molecule has 0 aliphatic carbocycles. The van der Waals surface area contributed by atoms with Crippen molar-refractivity contribution in [1.82, 2.24) is 0 Å². The summed E-state index contributed by atoms with van der Waals surface area (Å²) in [6, 6.07) is 15.6. The van der Waals surface area contributed by atoms with Crippen LogP contribution in [-0.2, 0) is 5.41 Å². The van der Waals surface area contributed by atoms with Crippen LogP contribution in [0.5, 0.6) is 0 Å². The summed E-state index contributed by atoms with van der Waals surface area (Å²) < 4.78 is 0. The summed E-state index contributed by atoms with van der Waals surface area (Å²) in [5, 5.41) is 0. The van der Waals surface area contributed by atoms with Crippen LogP contribution in [0, 0.1) is 13.8 Å². The van der Waals surface area contributed by atoms with E-state index in [4.69, 9.17) is 0 Å². The summed E-state index contributed by atoms with van der Waals surface area (Å²) in [7, 11) is 0. The lowest BCUT2D eigenvalue weighted by Gasteiger charge is -2.19. The van der Waals surface area contributed by atoms with Crippen LogP contribution < -0.4 is 0 Å². The Morgan fingerprint density at radius 2 is 1.22 bits per heavy atom. The Morgan fingerprint density at radius 1 is 0.667 bits per heavy atom. The molecular formula is C18H22. The standard InChI is InChI=1S/C18H22/c1-13-6-7-16(12-14(13)2)15-8-10-17(11-9-15)18(3,4)5/h6-12H,1-5H3. The Morgan fingerprint density at radius 3 is 1.72 bits per heavy atom. The van der Waals surface area contributed by atoms with Gasteiger partial charge in [0, 0.05) is 0 Å². The lowest BCUT2D eigenvalue weighted by Crippen LogP contribution is -2.10. The minimum atomic E-state index is 0.224. The smallest absolute Gasteiger partial charge is 0.0132 e. The lowest BCUT2D eigenvalue weighted by atomic mass is 9.86. The van der Waals surface area contributed by atoms with Crippen molar-refractivity contribution in [3.05, 3.63) is 59.2 Å². The minimum absolute atomic E-state index is 0.224. The molecule has 0 saturated heterocycles. The van der Waals surface area contributed by atoms with Gasteiger partial charge in [-0.25, -0.2) is 0 Å². The zero-order valence-electron chi connectivity index (χ0n) is 12.0. The first-order chi connectivity index (χ1) is 8.38. The molecule has 18 heavy (non-hydrogen) atoms. The summed E-state index contributed by atoms with van der Waals surface area (Å²) >= 11 is 0. The van der Waals surface area contributed by atoms with Crippen LogP contribution in [0.3, 0.4) is 0 Å². The first-order valence-corrected chi connectivity index (χ1v) is 6.56. The molecule has 2 aromatic rings. The second-order valence-corrected chi connectivity index (χ2v) is 6.13. The molecule has 0 nitrogen and oxygen atoms in total. The molecular weight excluding hydrogens is 216 g/mol. The third-order valence-electron chi connectivity index (χ3n) is 3.59. The number of hydrogen-bond donors (Lipinski definition) is 0. The van der Waals surface area contributed by atoms with Gasteiger partial charge in [-0.15, -0.1) is 0 Å². The van der Waals surface area contributed by atoms with Crippen LogP contribution >= 0.6 is 0 Å². The maximum atomic E-state index is 2.27. The highest BCUT2D eigenvalue weighted by Crippen LogP contribution is 2.27. The average molecular weight is 238 g/mol. The van der Waals surface area contributed by atoms with Gasteiger partial charge in [0.1, 0.15) is 0 Å². The first kappa shape index (κ1) is 12.9. The van der Waals surface area contributed by atoms with Crippen molar-refractivity contribution < 1.29 is 0 Å². The van der Waals surface area contributed by atoms with Crippen LogP contribution in [0.15, 0.2) is 42.5 Å². The van der Waals surface area contributed by atoms with E-state index in [0.29, 0.717) is 0 Å². The normalized spacial score (nSPS) is 11.6. The molecule has 0 unspecified atom stereocenters. The van der Waals surface area contributed by atoms with Crippen molar-refractivity contribution in [3.8, 4) is 11.1 Å². The Bertz CT molecular complexity index is 539. The van der Waals surface area contributed by atoms with E-state index >= 15 is 0 Å². The quantitative estimate of drug-likeness (QED) is 0.635. The van der Waals surface area contributed by atoms with Gasteiger partial charge in [0.05, 0.1) is 0 Å². The van der Waals surface area contributed by atoms with Crippen molar-refractivity contribution in [3.63, 3.8) is 0 Å². The lowest BCUT2D eigenvalue weighted by molar-refractivity contribution is 0.590. The van der Waals surface area contributed by atoms with E-state index in [-0.39, 0.29) is 5.41 Å². The SMILES string of the molecule is Cc1ccc(-c2ccc(C(C)(C)C)cc2)cc1C. The molecule has 0 atom stereocenters. The second kappa shape index (κ2) is 4.61. The van der Waals surface area contributed by atoms with Crippen molar-refractivity contribution in [2.24, 2.45) is 0 Å². The first-order valence-electron chi connectivity index (χ1n) is 6.56. The summed E-state index contributed by atoms with van der Waals surface area (Å²) in [5.41, 5.74) is 6.92. The fourth-order valence-corrected chi connectivity index (χ4v) is 2.08. The number of rotatable bonds is 1. The van der Waals surface area contributed by atoms with E-state index in [1.807, 2.05) is 0 Å². The van der Waals surface area contributed by atoms with Crippen LogP contribution in [0.1, 0.15) is 37.5 Å². The molecule has 0 saturated carbocycles. The molecule has 94 valence electrons. The highest BCUT2D eigenvalue weighted by molar-refractivity contribution is 5.65. The van der Waals surface area contributed by atoms with Gasteiger partial charge in [-0.05, 0) is 47.1 Å². The van der Waals surface area contributed by atoms with Gasteiger partial charge in [0.2, 0.25) is 0 Å². The Kier molecular flexibility index (Phi) is 3.30. The Hall–Kier alpha value is -1.56. The number of hydrogen-bond acceptors (Lipinski definition) is 0. The number of benzene rings is 2. The van der Waals surface area contributed by atoms with Gasteiger partial charge in [-0.1, -0.05) is 63.2 Å². The number of aryl methyl sites for hydroxylation is 2. The summed E-state index contributed by atoms with van der Waals surface area (Å²) in [6.45, 7) is 11.1. The zero-order valence-corrected chi connectivity index (χ0v) is 12.0. The van der Waals surface area contributed by atoms with E-state index < -0.39 is 0 Å². The predicted molar refractivity (Wildman–Crippen MR) is 80.1 cm³/mol. The van der Waals surface area contributed by atoms with Crippen molar-refractivity contribution in [2.75, 3.05) is 0 Å². The van der Waals surface area contributed by atoms with E-state index in [9.17, 15) is 0 Å². The largest absolute Gasteiger partial charge is 0.0584 e. The summed E-state index contributed by atoms with van der Waals surface area (Å²) in [4.78, 5) is 0. The minimum Gasteiger partial charge on any atom is -0.0584 e. The fourth-order valence-electron chi connectivity index (χ4n) is 2.08. The van der Waals surface area contributed by atoms with Gasteiger partial charge in [0.15, 0.2) is 0 Å². The molecule has 0 amide bonds. The molecule has 0 aliphatic rings. The second-order valence-electron chi connectivity index (χ2n) is 6.13. The zero-order chi connectivity index (χ0) is 13.3. The van der Waals surface area contributed by atoms with E-state index in [2.05, 4.69) is 77.1 Å². The van der Waals surface area contributed by atoms with Crippen LogP contribution in [0.25, 0.3) is 11.1 Å². The van der Waals surface area contributed by atoms with Gasteiger partial charge in [-0.3, -0.25) is 0 Å². The van der Waals surface area contributed by atoms with Crippen LogP contribution in [-0.4, -0.2) is 0 Å². The Labute approximate surface area is 111 Å². The molecule has 0 radical (unpaired) electrons. The van der Waals surface area contributed by atoms with Gasteiger partial charge in [-0.2, -0.15) is 0 Å². The molecule has 0 heterocycles. The molecule has 0 fully saturated rings. The van der Waals surface area contributed by atoms with Crippen molar-refractivity contribution in [1.29, 1.82) is 0 Å². The predicted octanol–water partition coefficient (Wildman–Crippen LogP) is 5.27. The third kappa shape index (κ3) is 2.64. The van der Waals surface area contributed by atoms with Crippen molar-refractivity contribution >= 4 is 0 Å². The molecule has 0 spiro atoms. The van der Waals surface area contributed by atoms with Crippen LogP contribution in [0.2, 0.25) is 0 Å². The molecule has 0 N–H and O–H groups in total. The maximum Gasteiger partial charge on any atom is -0.0132 e. The molecule has 0 aliphatic heterocycles. The Balaban J connectivity index is 2.37. The van der Waals surface area contributed by atoms with Gasteiger partial charge >= 0.3 is 0 Å². The maximum absolute atomic E-state index is 2.27. The molecule has 2 rings (SSSR count). The molecule has 2 aromatic carbocycles. The highest BCUT2D eigenvalue weighted by Gasteiger charge is 2.13. The van der Waals surface area contributed by atoms with E-state index in [1.165, 1.54) is 27.8 Å². The van der Waals surface area contributed by atoms with Gasteiger partial charge in [0.25, 0.3) is 0 Å².